The van der Waals surface area contributed by atoms with Crippen LogP contribution in [-0.4, -0.2) is 60.7 Å². The third kappa shape index (κ3) is 3.64. The summed E-state index contributed by atoms with van der Waals surface area (Å²) in [6.07, 6.45) is 8.05. The lowest BCUT2D eigenvalue weighted by Crippen LogP contribution is -2.52. The molecule has 0 radical (unpaired) electrons. The van der Waals surface area contributed by atoms with Crippen molar-refractivity contribution in [2.24, 2.45) is 23.7 Å². The summed E-state index contributed by atoms with van der Waals surface area (Å²) >= 11 is 0. The first kappa shape index (κ1) is 16.8. The molecule has 0 unspecified atom stereocenters. The van der Waals surface area contributed by atoms with Gasteiger partial charge in [0, 0.05) is 57.5 Å². The Bertz CT molecular complexity index is 592. The van der Waals surface area contributed by atoms with E-state index in [0.717, 1.165) is 57.5 Å². The highest BCUT2D eigenvalue weighted by Crippen LogP contribution is 2.39. The molecule has 2 saturated heterocycles. The molecule has 1 amide bonds. The first-order valence-corrected chi connectivity index (χ1v) is 9.56. The van der Waals surface area contributed by atoms with E-state index < -0.39 is 0 Å². The lowest BCUT2D eigenvalue weighted by atomic mass is 9.74. The maximum Gasteiger partial charge on any atom is 0.226 e. The Labute approximate surface area is 149 Å². The minimum absolute atomic E-state index is 0.126. The molecule has 0 aromatic carbocycles. The molecular formula is C19H28N4O2. The third-order valence-electron chi connectivity index (χ3n) is 6.04. The van der Waals surface area contributed by atoms with E-state index >= 15 is 0 Å². The van der Waals surface area contributed by atoms with Gasteiger partial charge < -0.3 is 14.5 Å². The number of carbonyl (C=O) groups excluding carboxylic acids is 1. The Morgan fingerprint density at radius 1 is 1.16 bits per heavy atom. The van der Waals surface area contributed by atoms with E-state index in [4.69, 9.17) is 4.74 Å². The predicted octanol–water partition coefficient (Wildman–Crippen LogP) is 1.82. The van der Waals surface area contributed by atoms with E-state index in [2.05, 4.69) is 19.8 Å². The van der Waals surface area contributed by atoms with Crippen molar-refractivity contribution in [3.05, 3.63) is 18.5 Å². The number of hydrogen-bond donors (Lipinski definition) is 0. The lowest BCUT2D eigenvalue weighted by Gasteiger charge is -2.42. The summed E-state index contributed by atoms with van der Waals surface area (Å²) in [5.74, 6) is 2.89. The van der Waals surface area contributed by atoms with Crippen LogP contribution in [0, 0.1) is 23.7 Å². The molecule has 25 heavy (non-hydrogen) atoms. The first-order chi connectivity index (χ1) is 12.3. The van der Waals surface area contributed by atoms with Crippen molar-refractivity contribution in [1.82, 2.24) is 14.9 Å². The Hall–Kier alpha value is -1.69. The number of amides is 1. The van der Waals surface area contributed by atoms with E-state index in [9.17, 15) is 4.79 Å². The molecule has 6 nitrogen and oxygen atoms in total. The van der Waals surface area contributed by atoms with Gasteiger partial charge in [-0.25, -0.2) is 9.97 Å². The van der Waals surface area contributed by atoms with E-state index in [-0.39, 0.29) is 5.92 Å². The van der Waals surface area contributed by atoms with Crippen molar-refractivity contribution in [3.63, 3.8) is 0 Å². The Balaban J connectivity index is 1.51. The van der Waals surface area contributed by atoms with Crippen LogP contribution in [0.25, 0.3) is 0 Å². The molecule has 1 aliphatic carbocycles. The number of piperidine rings is 1. The molecule has 0 N–H and O–H groups in total. The number of anilines is 1. The second-order valence-corrected chi connectivity index (χ2v) is 7.79. The maximum atomic E-state index is 13.1. The van der Waals surface area contributed by atoms with Crippen molar-refractivity contribution >= 4 is 11.9 Å². The summed E-state index contributed by atoms with van der Waals surface area (Å²) in [6, 6.07) is 1.84. The van der Waals surface area contributed by atoms with Crippen LogP contribution in [0.5, 0.6) is 0 Å². The largest absolute Gasteiger partial charge is 0.384 e. The number of methoxy groups -OCH3 is 1. The van der Waals surface area contributed by atoms with Crippen molar-refractivity contribution in [1.29, 1.82) is 0 Å². The monoisotopic (exact) mass is 344 g/mol. The summed E-state index contributed by atoms with van der Waals surface area (Å²) in [7, 11) is 1.78. The SMILES string of the molecule is COC[C@@H]1CN(CC2CC2)C(=O)[C@H]2CCN(c3ncccn3)CC[C@@H]12. The number of fused-ring (bicyclic) bond motifs is 1. The molecule has 0 bridgehead atoms. The lowest BCUT2D eigenvalue weighted by molar-refractivity contribution is -0.146. The van der Waals surface area contributed by atoms with Crippen molar-refractivity contribution in [2.45, 2.75) is 25.7 Å². The number of aromatic nitrogens is 2. The molecule has 3 fully saturated rings. The van der Waals surface area contributed by atoms with Gasteiger partial charge in [0.15, 0.2) is 0 Å². The van der Waals surface area contributed by atoms with Crippen LogP contribution in [-0.2, 0) is 9.53 Å². The normalized spacial score (nSPS) is 30.1. The fourth-order valence-electron chi connectivity index (χ4n) is 4.56. The molecule has 3 atom stereocenters. The van der Waals surface area contributed by atoms with Crippen LogP contribution in [0.15, 0.2) is 18.5 Å². The number of hydrogen-bond acceptors (Lipinski definition) is 5. The highest BCUT2D eigenvalue weighted by molar-refractivity contribution is 5.80. The van der Waals surface area contributed by atoms with Crippen LogP contribution in [0.2, 0.25) is 0 Å². The molecule has 3 aliphatic rings. The molecule has 1 saturated carbocycles. The second-order valence-electron chi connectivity index (χ2n) is 7.79. The van der Waals surface area contributed by atoms with Gasteiger partial charge in [0.2, 0.25) is 11.9 Å². The van der Waals surface area contributed by atoms with Gasteiger partial charge in [-0.2, -0.15) is 0 Å². The summed E-state index contributed by atoms with van der Waals surface area (Å²) < 4.78 is 5.51. The fourth-order valence-corrected chi connectivity index (χ4v) is 4.56. The molecule has 3 heterocycles. The number of ether oxygens (including phenoxy) is 1. The van der Waals surface area contributed by atoms with Crippen LogP contribution in [0.3, 0.4) is 0 Å². The van der Waals surface area contributed by atoms with Crippen molar-refractivity contribution in [3.8, 4) is 0 Å². The van der Waals surface area contributed by atoms with Crippen molar-refractivity contribution < 1.29 is 9.53 Å². The molecule has 4 rings (SSSR count). The zero-order valence-electron chi connectivity index (χ0n) is 15.0. The molecule has 1 aromatic heterocycles. The highest BCUT2D eigenvalue weighted by atomic mass is 16.5. The minimum atomic E-state index is 0.126. The average molecular weight is 344 g/mol. The second kappa shape index (κ2) is 7.28. The topological polar surface area (TPSA) is 58.6 Å². The summed E-state index contributed by atoms with van der Waals surface area (Å²) in [4.78, 5) is 26.3. The van der Waals surface area contributed by atoms with Gasteiger partial charge in [-0.1, -0.05) is 0 Å². The van der Waals surface area contributed by atoms with Gasteiger partial charge in [-0.15, -0.1) is 0 Å². The summed E-state index contributed by atoms with van der Waals surface area (Å²) in [5, 5.41) is 0. The van der Waals surface area contributed by atoms with Gasteiger partial charge in [-0.3, -0.25) is 4.79 Å². The number of carbonyl (C=O) groups is 1. The van der Waals surface area contributed by atoms with E-state index in [1.165, 1.54) is 12.8 Å². The van der Waals surface area contributed by atoms with Gasteiger partial charge in [-0.05, 0) is 43.6 Å². The molecule has 0 spiro atoms. The smallest absolute Gasteiger partial charge is 0.226 e. The number of likely N-dealkylation sites (tertiary alicyclic amines) is 1. The number of rotatable bonds is 5. The molecule has 6 heteroatoms. The van der Waals surface area contributed by atoms with Crippen LogP contribution >= 0.6 is 0 Å². The Morgan fingerprint density at radius 2 is 1.92 bits per heavy atom. The van der Waals surface area contributed by atoms with Gasteiger partial charge in [0.05, 0.1) is 6.61 Å². The maximum absolute atomic E-state index is 13.1. The summed E-state index contributed by atoms with van der Waals surface area (Å²) in [5.41, 5.74) is 0. The summed E-state index contributed by atoms with van der Waals surface area (Å²) in [6.45, 7) is 4.34. The van der Waals surface area contributed by atoms with E-state index in [0.29, 0.717) is 17.7 Å². The number of nitrogens with zero attached hydrogens (tertiary/aromatic N) is 4. The fraction of sp³-hybridized carbons (Fsp3) is 0.737. The molecule has 136 valence electrons. The first-order valence-electron chi connectivity index (χ1n) is 9.56. The van der Waals surface area contributed by atoms with Gasteiger partial charge in [0.1, 0.15) is 0 Å². The van der Waals surface area contributed by atoms with Gasteiger partial charge >= 0.3 is 0 Å². The Kier molecular flexibility index (Phi) is 4.88. The minimum Gasteiger partial charge on any atom is -0.384 e. The van der Waals surface area contributed by atoms with Crippen LogP contribution in [0.1, 0.15) is 25.7 Å². The zero-order chi connectivity index (χ0) is 17.2. The average Bonchev–Trinajstić information content (AvgIpc) is 3.46. The van der Waals surface area contributed by atoms with Crippen LogP contribution in [0.4, 0.5) is 5.95 Å². The highest BCUT2D eigenvalue weighted by Gasteiger charge is 2.44. The molecule has 1 aromatic rings. The third-order valence-corrected chi connectivity index (χ3v) is 6.04. The Morgan fingerprint density at radius 3 is 2.64 bits per heavy atom. The van der Waals surface area contributed by atoms with Crippen molar-refractivity contribution in [2.75, 3.05) is 44.8 Å². The molecular weight excluding hydrogens is 316 g/mol. The predicted molar refractivity (Wildman–Crippen MR) is 95.1 cm³/mol. The quantitative estimate of drug-likeness (QED) is 0.815. The standard InChI is InChI=1S/C19H28N4O2/c1-25-13-15-12-23(11-14-3-4-14)18(24)17-6-10-22(9-5-16(15)17)19-20-7-2-8-21-19/h2,7-8,14-17H,3-6,9-13H2,1H3/t15-,16-,17-/m0/s1. The van der Waals surface area contributed by atoms with E-state index in [1.54, 1.807) is 19.5 Å². The van der Waals surface area contributed by atoms with Crippen LogP contribution < -0.4 is 4.90 Å². The zero-order valence-corrected chi connectivity index (χ0v) is 15.0. The molecule has 2 aliphatic heterocycles. The van der Waals surface area contributed by atoms with E-state index in [1.807, 2.05) is 6.07 Å². The van der Waals surface area contributed by atoms with Gasteiger partial charge in [0.25, 0.3) is 0 Å².